The van der Waals surface area contributed by atoms with E-state index in [4.69, 9.17) is 12.2 Å². The van der Waals surface area contributed by atoms with Crippen LogP contribution in [0.1, 0.15) is 55.0 Å². The Hall–Kier alpha value is -2.89. The molecule has 6 nitrogen and oxygen atoms in total. The minimum Gasteiger partial charge on any atom is -0.357 e. The van der Waals surface area contributed by atoms with Crippen LogP contribution in [0.4, 0.5) is 5.82 Å². The first-order valence-corrected chi connectivity index (χ1v) is 12.7. The van der Waals surface area contributed by atoms with Gasteiger partial charge in [0.1, 0.15) is 21.8 Å². The lowest BCUT2D eigenvalue weighted by molar-refractivity contribution is -0.123. The number of thioether (sulfide) groups is 1. The maximum Gasteiger partial charge on any atom is 0.270 e. The number of pyridine rings is 1. The van der Waals surface area contributed by atoms with Gasteiger partial charge in [-0.15, -0.1) is 0 Å². The van der Waals surface area contributed by atoms with Gasteiger partial charge in [0.15, 0.2) is 0 Å². The number of rotatable bonds is 4. The van der Waals surface area contributed by atoms with Gasteiger partial charge in [-0.1, -0.05) is 61.2 Å². The number of nitrogens with zero attached hydrogens (tertiary/aromatic N) is 4. The summed E-state index contributed by atoms with van der Waals surface area (Å²) in [6.45, 7) is 7.61. The fourth-order valence-electron chi connectivity index (χ4n) is 4.80. The standard InChI is InChI=1S/C26H28N4O2S2/c1-16-9-8-12-29(15-16)23-20(17(2)21(14-27)24(31)28(23)4)13-22-25(32)30(26(33)34-22)18(3)19-10-6-5-7-11-19/h5-7,10-11,13,16,18H,8-9,12,15H2,1-4H3/b22-13+. The number of carbonyl (C=O) groups excluding carboxylic acids is 1. The van der Waals surface area contributed by atoms with Crippen LogP contribution in [0.2, 0.25) is 0 Å². The highest BCUT2D eigenvalue weighted by atomic mass is 32.2. The van der Waals surface area contributed by atoms with Crippen LogP contribution in [0.3, 0.4) is 0 Å². The summed E-state index contributed by atoms with van der Waals surface area (Å²) in [4.78, 5) is 30.8. The van der Waals surface area contributed by atoms with Gasteiger partial charge in [-0.05, 0) is 49.8 Å². The van der Waals surface area contributed by atoms with Crippen molar-refractivity contribution in [1.29, 1.82) is 5.26 Å². The third kappa shape index (κ3) is 4.30. The molecule has 2 aliphatic heterocycles. The summed E-state index contributed by atoms with van der Waals surface area (Å²) in [6.07, 6.45) is 4.00. The number of hydrogen-bond acceptors (Lipinski definition) is 6. The predicted molar refractivity (Wildman–Crippen MR) is 142 cm³/mol. The van der Waals surface area contributed by atoms with Gasteiger partial charge in [0.25, 0.3) is 11.5 Å². The van der Waals surface area contributed by atoms with Crippen LogP contribution in [0, 0.1) is 24.2 Å². The van der Waals surface area contributed by atoms with Crippen molar-refractivity contribution in [2.75, 3.05) is 18.0 Å². The van der Waals surface area contributed by atoms with Crippen molar-refractivity contribution in [3.8, 4) is 6.07 Å². The fourth-order valence-corrected chi connectivity index (χ4v) is 6.20. The average Bonchev–Trinajstić information content (AvgIpc) is 3.10. The molecule has 1 amide bonds. The Labute approximate surface area is 209 Å². The number of hydrogen-bond donors (Lipinski definition) is 0. The summed E-state index contributed by atoms with van der Waals surface area (Å²) >= 11 is 6.87. The van der Waals surface area contributed by atoms with Gasteiger partial charge >= 0.3 is 0 Å². The molecule has 0 radical (unpaired) electrons. The van der Waals surface area contributed by atoms with E-state index >= 15 is 0 Å². The Kier molecular flexibility index (Phi) is 6.96. The summed E-state index contributed by atoms with van der Waals surface area (Å²) in [7, 11) is 1.71. The smallest absolute Gasteiger partial charge is 0.270 e. The highest BCUT2D eigenvalue weighted by Crippen LogP contribution is 2.40. The monoisotopic (exact) mass is 492 g/mol. The van der Waals surface area contributed by atoms with Gasteiger partial charge in [0.2, 0.25) is 0 Å². The third-order valence-corrected chi connectivity index (χ3v) is 8.02. The molecule has 0 spiro atoms. The van der Waals surface area contributed by atoms with E-state index in [2.05, 4.69) is 17.9 Å². The average molecular weight is 493 g/mol. The largest absolute Gasteiger partial charge is 0.357 e. The maximum atomic E-state index is 13.5. The molecule has 2 saturated heterocycles. The van der Waals surface area contributed by atoms with Crippen LogP contribution < -0.4 is 10.5 Å². The molecule has 2 aliphatic rings. The first-order valence-electron chi connectivity index (χ1n) is 11.4. The molecule has 4 rings (SSSR count). The SMILES string of the molecule is Cc1c(/C=C2/SC(=S)N(C(C)c3ccccc3)C2=O)c(N2CCCC(C)C2)n(C)c(=O)c1C#N. The zero-order valence-corrected chi connectivity index (χ0v) is 21.5. The fraction of sp³-hybridized carbons (Fsp3) is 0.385. The molecule has 176 valence electrons. The summed E-state index contributed by atoms with van der Waals surface area (Å²) in [5, 5.41) is 9.69. The molecular weight excluding hydrogens is 464 g/mol. The van der Waals surface area contributed by atoms with E-state index in [9.17, 15) is 14.9 Å². The van der Waals surface area contributed by atoms with Crippen molar-refractivity contribution in [1.82, 2.24) is 9.47 Å². The van der Waals surface area contributed by atoms with Crippen LogP contribution in [0.5, 0.6) is 0 Å². The molecule has 0 aliphatic carbocycles. The summed E-state index contributed by atoms with van der Waals surface area (Å²) in [6, 6.07) is 11.7. The quantitative estimate of drug-likeness (QED) is 0.453. The predicted octanol–water partition coefficient (Wildman–Crippen LogP) is 4.76. The van der Waals surface area contributed by atoms with Gasteiger partial charge in [-0.25, -0.2) is 0 Å². The van der Waals surface area contributed by atoms with E-state index in [0.29, 0.717) is 20.7 Å². The van der Waals surface area contributed by atoms with E-state index in [0.717, 1.165) is 42.9 Å². The van der Waals surface area contributed by atoms with E-state index < -0.39 is 0 Å². The second-order valence-corrected chi connectivity index (χ2v) is 10.7. The molecule has 3 heterocycles. The molecule has 0 bridgehead atoms. The molecule has 2 unspecified atom stereocenters. The Bertz CT molecular complexity index is 1280. The van der Waals surface area contributed by atoms with Crippen molar-refractivity contribution < 1.29 is 4.79 Å². The highest BCUT2D eigenvalue weighted by Gasteiger charge is 2.36. The number of thiocarbonyl (C=S) groups is 1. The van der Waals surface area contributed by atoms with Crippen LogP contribution >= 0.6 is 24.0 Å². The second kappa shape index (κ2) is 9.77. The number of aromatic nitrogens is 1. The van der Waals surface area contributed by atoms with Crippen molar-refractivity contribution in [2.45, 2.75) is 39.7 Å². The molecule has 2 fully saturated rings. The number of amides is 1. The van der Waals surface area contributed by atoms with E-state index in [-0.39, 0.29) is 23.1 Å². The second-order valence-electron chi connectivity index (χ2n) is 9.05. The zero-order valence-electron chi connectivity index (χ0n) is 19.9. The van der Waals surface area contributed by atoms with Crippen LogP contribution in [-0.2, 0) is 11.8 Å². The number of piperidine rings is 1. The third-order valence-electron chi connectivity index (χ3n) is 6.69. The minimum atomic E-state index is -0.310. The molecule has 2 aromatic rings. The highest BCUT2D eigenvalue weighted by molar-refractivity contribution is 8.26. The summed E-state index contributed by atoms with van der Waals surface area (Å²) in [5.41, 5.74) is 2.14. The molecular formula is C26H28N4O2S2. The lowest BCUT2D eigenvalue weighted by Crippen LogP contribution is -2.39. The first kappa shape index (κ1) is 24.2. The number of nitriles is 1. The van der Waals surface area contributed by atoms with Gasteiger partial charge in [0.05, 0.1) is 10.9 Å². The van der Waals surface area contributed by atoms with Gasteiger partial charge in [-0.3, -0.25) is 19.1 Å². The molecule has 1 aromatic carbocycles. The Morgan fingerprint density at radius 3 is 2.62 bits per heavy atom. The van der Waals surface area contributed by atoms with Gasteiger partial charge < -0.3 is 4.90 Å². The van der Waals surface area contributed by atoms with Gasteiger partial charge in [-0.2, -0.15) is 5.26 Å². The number of carbonyl (C=O) groups is 1. The maximum absolute atomic E-state index is 13.5. The molecule has 0 N–H and O–H groups in total. The van der Waals surface area contributed by atoms with Crippen molar-refractivity contribution in [3.63, 3.8) is 0 Å². The Morgan fingerprint density at radius 2 is 1.97 bits per heavy atom. The Balaban J connectivity index is 1.81. The van der Waals surface area contributed by atoms with Crippen LogP contribution in [-0.4, -0.2) is 32.8 Å². The lowest BCUT2D eigenvalue weighted by Gasteiger charge is -2.35. The minimum absolute atomic E-state index is 0.107. The van der Waals surface area contributed by atoms with Crippen molar-refractivity contribution in [2.24, 2.45) is 13.0 Å². The number of benzene rings is 1. The van der Waals surface area contributed by atoms with Gasteiger partial charge in [0, 0.05) is 25.7 Å². The van der Waals surface area contributed by atoms with Crippen molar-refractivity contribution in [3.05, 3.63) is 67.8 Å². The van der Waals surface area contributed by atoms with Crippen molar-refractivity contribution >= 4 is 46.1 Å². The van der Waals surface area contributed by atoms with Crippen LogP contribution in [0.25, 0.3) is 6.08 Å². The van der Waals surface area contributed by atoms with E-state index in [1.165, 1.54) is 11.8 Å². The molecule has 2 atom stereocenters. The van der Waals surface area contributed by atoms with E-state index in [1.54, 1.807) is 23.4 Å². The van der Waals surface area contributed by atoms with Crippen LogP contribution in [0.15, 0.2) is 40.0 Å². The van der Waals surface area contributed by atoms with E-state index in [1.807, 2.05) is 43.3 Å². The number of anilines is 1. The normalized spacial score (nSPS) is 20.7. The Morgan fingerprint density at radius 1 is 1.26 bits per heavy atom. The molecule has 34 heavy (non-hydrogen) atoms. The molecule has 0 saturated carbocycles. The lowest BCUT2D eigenvalue weighted by atomic mass is 9.98. The summed E-state index contributed by atoms with van der Waals surface area (Å²) < 4.78 is 2.06. The zero-order chi connectivity index (χ0) is 24.6. The summed E-state index contributed by atoms with van der Waals surface area (Å²) in [5.74, 6) is 1.10. The molecule has 8 heteroatoms. The molecule has 1 aromatic heterocycles. The topological polar surface area (TPSA) is 69.3 Å². The first-order chi connectivity index (χ1) is 16.2.